The lowest BCUT2D eigenvalue weighted by molar-refractivity contribution is -0.140. The fourth-order valence-electron chi connectivity index (χ4n) is 5.66. The highest BCUT2D eigenvalue weighted by atomic mass is 32.2. The topological polar surface area (TPSA) is 160 Å². The lowest BCUT2D eigenvalue weighted by Crippen LogP contribution is -2.47. The first kappa shape index (κ1) is 29.0. The molecule has 222 valence electrons. The minimum absolute atomic E-state index is 0.0371. The highest BCUT2D eigenvalue weighted by Crippen LogP contribution is 2.21. The quantitative estimate of drug-likeness (QED) is 0.338. The summed E-state index contributed by atoms with van der Waals surface area (Å²) in [7, 11) is -3.31. The van der Waals surface area contributed by atoms with Crippen molar-refractivity contribution in [3.05, 3.63) is 24.4 Å². The molecule has 0 unspecified atom stereocenters. The van der Waals surface area contributed by atoms with Crippen LogP contribution in [-0.2, 0) is 24.4 Å². The molecule has 4 heterocycles. The largest absolute Gasteiger partial charge is 0.341 e. The Balaban J connectivity index is 1.34. The number of aromatic nitrogens is 2. The van der Waals surface area contributed by atoms with E-state index in [-0.39, 0.29) is 43.3 Å². The number of rotatable bonds is 6. The zero-order chi connectivity index (χ0) is 29.0. The molecule has 5 rings (SSSR count). The van der Waals surface area contributed by atoms with Crippen LogP contribution in [0.15, 0.2) is 29.4 Å². The van der Waals surface area contributed by atoms with Crippen molar-refractivity contribution < 1.29 is 22.8 Å². The van der Waals surface area contributed by atoms with Crippen molar-refractivity contribution in [1.82, 2.24) is 29.6 Å². The highest BCUT2D eigenvalue weighted by molar-refractivity contribution is 7.88. The van der Waals surface area contributed by atoms with Crippen molar-refractivity contribution in [2.45, 2.75) is 51.0 Å². The number of aliphatic imine (C=N–C) groups is 1. The molecule has 1 aromatic carbocycles. The summed E-state index contributed by atoms with van der Waals surface area (Å²) in [5.74, 6) is -0.802. The fourth-order valence-corrected chi connectivity index (χ4v) is 6.54. The highest BCUT2D eigenvalue weighted by Gasteiger charge is 2.32. The maximum Gasteiger partial charge on any atom is 0.247 e. The lowest BCUT2D eigenvalue weighted by Gasteiger charge is -2.29. The van der Waals surface area contributed by atoms with E-state index in [2.05, 4.69) is 20.8 Å². The van der Waals surface area contributed by atoms with Gasteiger partial charge in [-0.2, -0.15) is 5.10 Å². The van der Waals surface area contributed by atoms with Crippen molar-refractivity contribution in [1.29, 1.82) is 0 Å². The van der Waals surface area contributed by atoms with E-state index in [4.69, 9.17) is 4.99 Å². The van der Waals surface area contributed by atoms with Crippen LogP contribution in [0.4, 0.5) is 5.69 Å². The molecular weight excluding hydrogens is 548 g/mol. The number of benzene rings is 1. The number of fused-ring (bicyclic) bond motifs is 1. The number of aromatic amines is 1. The number of carbonyl (C=O) groups excluding carboxylic acids is 3. The predicted octanol–water partition coefficient (Wildman–Crippen LogP) is 1.12. The monoisotopic (exact) mass is 586 g/mol. The van der Waals surface area contributed by atoms with Gasteiger partial charge in [-0.1, -0.05) is 0 Å². The summed E-state index contributed by atoms with van der Waals surface area (Å²) in [5, 5.41) is 13.9. The third-order valence-corrected chi connectivity index (χ3v) is 9.37. The Kier molecular flexibility index (Phi) is 8.88. The number of anilines is 1. The maximum atomic E-state index is 13.6. The molecule has 0 radical (unpaired) electrons. The third-order valence-electron chi connectivity index (χ3n) is 8.06. The van der Waals surface area contributed by atoms with Gasteiger partial charge >= 0.3 is 0 Å². The van der Waals surface area contributed by atoms with Crippen molar-refractivity contribution >= 4 is 50.3 Å². The summed E-state index contributed by atoms with van der Waals surface area (Å²) in [5.41, 5.74) is 1.45. The molecule has 3 fully saturated rings. The number of H-pyrrole nitrogens is 1. The second-order valence-corrected chi connectivity index (χ2v) is 13.0. The zero-order valence-electron chi connectivity index (χ0n) is 23.3. The van der Waals surface area contributed by atoms with Gasteiger partial charge in [0.15, 0.2) is 0 Å². The van der Waals surface area contributed by atoms with Gasteiger partial charge in [-0.25, -0.2) is 17.7 Å². The van der Waals surface area contributed by atoms with Crippen LogP contribution in [0.5, 0.6) is 0 Å². The van der Waals surface area contributed by atoms with Crippen LogP contribution in [0.3, 0.4) is 0 Å². The van der Waals surface area contributed by atoms with Crippen molar-refractivity contribution in [3.8, 4) is 0 Å². The molecule has 3 aliphatic heterocycles. The first-order valence-corrected chi connectivity index (χ1v) is 16.1. The van der Waals surface area contributed by atoms with Gasteiger partial charge in [-0.3, -0.25) is 24.8 Å². The first-order chi connectivity index (χ1) is 19.7. The van der Waals surface area contributed by atoms with E-state index in [1.165, 1.54) is 10.6 Å². The Morgan fingerprint density at radius 2 is 1.78 bits per heavy atom. The number of nitrogens with one attached hydrogen (secondary N) is 3. The number of hydrogen-bond donors (Lipinski definition) is 3. The summed E-state index contributed by atoms with van der Waals surface area (Å²) in [6.45, 7) is 2.53. The Morgan fingerprint density at radius 1 is 1.05 bits per heavy atom. The van der Waals surface area contributed by atoms with Crippen LogP contribution >= 0.6 is 0 Å². The van der Waals surface area contributed by atoms with Crippen LogP contribution in [-0.4, -0.2) is 108 Å². The van der Waals surface area contributed by atoms with E-state index >= 15 is 0 Å². The van der Waals surface area contributed by atoms with Crippen LogP contribution < -0.4 is 10.6 Å². The summed E-state index contributed by atoms with van der Waals surface area (Å²) < 4.78 is 25.2. The van der Waals surface area contributed by atoms with Crippen LogP contribution in [0, 0.1) is 5.92 Å². The van der Waals surface area contributed by atoms with Crippen molar-refractivity contribution in [3.63, 3.8) is 0 Å². The smallest absolute Gasteiger partial charge is 0.247 e. The third kappa shape index (κ3) is 7.22. The second-order valence-electron chi connectivity index (χ2n) is 11.1. The standard InChI is InChI=1S/C27H38N8O5S/c1-41(39,40)35-14-9-19(10-15-35)25(37)31-27(29-21-8-7-20-17-28-32-23(20)16-21)30-22-6-2-3-13-34(26(22)38)18-24(36)33-11-4-5-12-33/h7-8,16-17,19,22H,2-6,9-15,18H2,1H3,(H,28,32)(H2,29,30,31,37)/t22-/m0/s1. The van der Waals surface area contributed by atoms with E-state index in [1.807, 2.05) is 23.1 Å². The van der Waals surface area contributed by atoms with E-state index in [0.717, 1.165) is 49.7 Å². The summed E-state index contributed by atoms with van der Waals surface area (Å²) >= 11 is 0. The molecular formula is C27H38N8O5S. The number of amides is 3. The van der Waals surface area contributed by atoms with Gasteiger partial charge in [-0.05, 0) is 63.1 Å². The summed E-state index contributed by atoms with van der Waals surface area (Å²) in [4.78, 5) is 47.8. The van der Waals surface area contributed by atoms with E-state index in [0.29, 0.717) is 31.5 Å². The average molecular weight is 587 g/mol. The fraction of sp³-hybridized carbons (Fsp3) is 0.593. The summed E-state index contributed by atoms with van der Waals surface area (Å²) in [6.07, 6.45) is 7.67. The molecule has 3 amide bonds. The van der Waals surface area contributed by atoms with Gasteiger partial charge in [0.2, 0.25) is 33.7 Å². The Labute approximate surface area is 239 Å². The van der Waals surface area contributed by atoms with Gasteiger partial charge in [0.1, 0.15) is 6.04 Å². The number of sulfonamides is 1. The zero-order valence-corrected chi connectivity index (χ0v) is 24.2. The summed E-state index contributed by atoms with van der Waals surface area (Å²) in [6, 6.07) is 4.80. The Hall–Kier alpha value is -3.52. The molecule has 1 aromatic heterocycles. The number of guanidine groups is 1. The lowest BCUT2D eigenvalue weighted by atomic mass is 9.97. The van der Waals surface area contributed by atoms with Gasteiger partial charge in [0.05, 0.1) is 24.5 Å². The molecule has 2 aromatic rings. The van der Waals surface area contributed by atoms with Crippen LogP contribution in [0.1, 0.15) is 44.9 Å². The van der Waals surface area contributed by atoms with Crippen molar-refractivity contribution in [2.75, 3.05) is 50.8 Å². The van der Waals surface area contributed by atoms with Crippen LogP contribution in [0.2, 0.25) is 0 Å². The minimum Gasteiger partial charge on any atom is -0.341 e. The number of hydrogen-bond acceptors (Lipinski definition) is 7. The average Bonchev–Trinajstić information content (AvgIpc) is 3.62. The number of nitrogens with zero attached hydrogens (tertiary/aromatic N) is 5. The molecule has 41 heavy (non-hydrogen) atoms. The Morgan fingerprint density at radius 3 is 2.51 bits per heavy atom. The minimum atomic E-state index is -3.31. The first-order valence-electron chi connectivity index (χ1n) is 14.3. The SMILES string of the molecule is CS(=O)(=O)N1CCC(C(=O)NC(=N[C@H]2CCCCN(CC(=O)N3CCCC3)C2=O)Nc2ccc3cn[nH]c3c2)CC1. The van der Waals surface area contributed by atoms with Gasteiger partial charge in [-0.15, -0.1) is 0 Å². The molecule has 0 spiro atoms. The van der Waals surface area contributed by atoms with Gasteiger partial charge in [0, 0.05) is 49.7 Å². The maximum absolute atomic E-state index is 13.6. The predicted molar refractivity (Wildman–Crippen MR) is 154 cm³/mol. The molecule has 1 atom stereocenters. The molecule has 3 saturated heterocycles. The van der Waals surface area contributed by atoms with E-state index in [1.54, 1.807) is 11.1 Å². The molecule has 0 bridgehead atoms. The molecule has 0 saturated carbocycles. The van der Waals surface area contributed by atoms with E-state index in [9.17, 15) is 22.8 Å². The molecule has 0 aliphatic carbocycles. The van der Waals surface area contributed by atoms with Crippen molar-refractivity contribution in [2.24, 2.45) is 10.9 Å². The molecule has 13 nitrogen and oxygen atoms in total. The Bertz CT molecular complexity index is 1410. The van der Waals surface area contributed by atoms with Crippen LogP contribution in [0.25, 0.3) is 10.9 Å². The number of piperidine rings is 1. The normalized spacial score (nSPS) is 21.7. The number of carbonyl (C=O) groups is 3. The molecule has 3 N–H and O–H groups in total. The van der Waals surface area contributed by atoms with E-state index < -0.39 is 22.0 Å². The molecule has 3 aliphatic rings. The number of likely N-dealkylation sites (tertiary alicyclic amines) is 2. The van der Waals surface area contributed by atoms with Gasteiger partial charge < -0.3 is 15.1 Å². The second kappa shape index (κ2) is 12.6. The van der Waals surface area contributed by atoms with Gasteiger partial charge in [0.25, 0.3) is 0 Å². The molecule has 14 heteroatoms.